The molecule has 3 aromatic rings. The van der Waals surface area contributed by atoms with E-state index in [9.17, 15) is 0 Å². The number of likely N-dealkylation sites (N-methyl/N-ethyl adjacent to an activating group) is 1. The number of benzene rings is 1. The fourth-order valence-electron chi connectivity index (χ4n) is 2.23. The lowest BCUT2D eigenvalue weighted by Gasteiger charge is -2.16. The van der Waals surface area contributed by atoms with E-state index < -0.39 is 0 Å². The third kappa shape index (κ3) is 2.64. The van der Waals surface area contributed by atoms with Crippen molar-refractivity contribution in [2.45, 2.75) is 12.5 Å². The van der Waals surface area contributed by atoms with Gasteiger partial charge in [0.15, 0.2) is 0 Å². The highest BCUT2D eigenvalue weighted by Gasteiger charge is 2.17. The Morgan fingerprint density at radius 2 is 2.05 bits per heavy atom. The van der Waals surface area contributed by atoms with Crippen LogP contribution in [0.15, 0.2) is 54.0 Å². The van der Waals surface area contributed by atoms with E-state index in [1.54, 1.807) is 11.3 Å². The first-order chi connectivity index (χ1) is 9.88. The summed E-state index contributed by atoms with van der Waals surface area (Å²) in [6.07, 6.45) is 2.77. The highest BCUT2D eigenvalue weighted by molar-refractivity contribution is 7.09. The molecule has 0 bridgehead atoms. The van der Waals surface area contributed by atoms with Crippen LogP contribution in [0.2, 0.25) is 0 Å². The molecule has 2 aromatic heterocycles. The van der Waals surface area contributed by atoms with Crippen LogP contribution in [-0.4, -0.2) is 22.0 Å². The van der Waals surface area contributed by atoms with Gasteiger partial charge < -0.3 is 5.32 Å². The fraction of sp³-hybridized carbons (Fsp3) is 0.200. The van der Waals surface area contributed by atoms with Gasteiger partial charge in [0.1, 0.15) is 0 Å². The summed E-state index contributed by atoms with van der Waals surface area (Å²) in [7, 11) is 1.97. The molecule has 102 valence electrons. The number of nitrogens with one attached hydrogen (secondary N) is 1. The minimum absolute atomic E-state index is 0.198. The molecule has 20 heavy (non-hydrogen) atoms. The lowest BCUT2D eigenvalue weighted by Crippen LogP contribution is -2.21. The van der Waals surface area contributed by atoms with Gasteiger partial charge in [-0.1, -0.05) is 29.5 Å². The van der Waals surface area contributed by atoms with Crippen LogP contribution in [-0.2, 0) is 6.42 Å². The van der Waals surface area contributed by atoms with E-state index in [1.165, 1.54) is 4.88 Å². The minimum Gasteiger partial charge on any atom is -0.311 e. The van der Waals surface area contributed by atoms with Crippen molar-refractivity contribution in [3.05, 3.63) is 64.6 Å². The van der Waals surface area contributed by atoms with E-state index >= 15 is 0 Å². The zero-order valence-electron chi connectivity index (χ0n) is 11.2. The topological polar surface area (TPSA) is 42.7 Å². The van der Waals surface area contributed by atoms with Crippen molar-refractivity contribution in [2.75, 3.05) is 7.05 Å². The number of aromatic nitrogens is 3. The second kappa shape index (κ2) is 5.98. The molecule has 0 aliphatic rings. The fourth-order valence-corrected chi connectivity index (χ4v) is 2.99. The van der Waals surface area contributed by atoms with Crippen LogP contribution in [0.25, 0.3) is 5.69 Å². The van der Waals surface area contributed by atoms with Crippen molar-refractivity contribution in [3.63, 3.8) is 0 Å². The molecule has 0 spiro atoms. The smallest absolute Gasteiger partial charge is 0.0818 e. The van der Waals surface area contributed by atoms with E-state index in [4.69, 9.17) is 0 Å². The van der Waals surface area contributed by atoms with Gasteiger partial charge in [-0.25, -0.2) is 4.68 Å². The molecule has 3 rings (SSSR count). The van der Waals surface area contributed by atoms with Crippen LogP contribution in [0.3, 0.4) is 0 Å². The quantitative estimate of drug-likeness (QED) is 0.783. The zero-order valence-corrected chi connectivity index (χ0v) is 12.0. The first-order valence-electron chi connectivity index (χ1n) is 6.54. The predicted molar refractivity (Wildman–Crippen MR) is 81.2 cm³/mol. The molecule has 0 aliphatic heterocycles. The summed E-state index contributed by atoms with van der Waals surface area (Å²) in [6.45, 7) is 0. The Bertz CT molecular complexity index is 646. The van der Waals surface area contributed by atoms with Crippen molar-refractivity contribution < 1.29 is 0 Å². The largest absolute Gasteiger partial charge is 0.311 e. The number of hydrogen-bond acceptors (Lipinski definition) is 4. The van der Waals surface area contributed by atoms with Crippen LogP contribution < -0.4 is 5.32 Å². The second-order valence-corrected chi connectivity index (χ2v) is 5.56. The standard InChI is InChI=1S/C15H16N4S/c1-16-14(10-13-8-5-9-20-13)15-11-17-18-19(15)12-6-3-2-4-7-12/h2-9,11,14,16H,10H2,1H3. The third-order valence-corrected chi connectivity index (χ3v) is 4.17. The van der Waals surface area contributed by atoms with Crippen LogP contribution in [0.5, 0.6) is 0 Å². The van der Waals surface area contributed by atoms with Crippen molar-refractivity contribution in [3.8, 4) is 5.69 Å². The molecule has 5 heteroatoms. The maximum absolute atomic E-state index is 4.21. The first-order valence-corrected chi connectivity index (χ1v) is 7.42. The van der Waals surface area contributed by atoms with Crippen molar-refractivity contribution in [1.29, 1.82) is 0 Å². The summed E-state index contributed by atoms with van der Waals surface area (Å²) in [5.74, 6) is 0. The molecule has 2 heterocycles. The van der Waals surface area contributed by atoms with Crippen molar-refractivity contribution in [1.82, 2.24) is 20.3 Å². The van der Waals surface area contributed by atoms with Gasteiger partial charge in [0, 0.05) is 11.3 Å². The Hall–Kier alpha value is -1.98. The van der Waals surface area contributed by atoms with Crippen molar-refractivity contribution in [2.24, 2.45) is 0 Å². The molecule has 0 aliphatic carbocycles. The Labute approximate surface area is 122 Å². The van der Waals surface area contributed by atoms with Crippen LogP contribution >= 0.6 is 11.3 Å². The molecular weight excluding hydrogens is 268 g/mol. The van der Waals surface area contributed by atoms with E-state index in [0.717, 1.165) is 17.8 Å². The summed E-state index contributed by atoms with van der Waals surface area (Å²) >= 11 is 1.78. The molecule has 0 amide bonds. The number of nitrogens with zero attached hydrogens (tertiary/aromatic N) is 3. The molecule has 4 nitrogen and oxygen atoms in total. The summed E-state index contributed by atoms with van der Waals surface area (Å²) in [4.78, 5) is 1.35. The van der Waals surface area contributed by atoms with Gasteiger partial charge in [-0.2, -0.15) is 0 Å². The van der Waals surface area contributed by atoms with Crippen LogP contribution in [0.1, 0.15) is 16.6 Å². The van der Waals surface area contributed by atoms with Gasteiger partial charge in [0.25, 0.3) is 0 Å². The first kappa shape index (κ1) is 13.0. The van der Waals surface area contributed by atoms with Crippen molar-refractivity contribution >= 4 is 11.3 Å². The monoisotopic (exact) mass is 284 g/mol. The number of rotatable bonds is 5. The van der Waals surface area contributed by atoms with E-state index in [-0.39, 0.29) is 6.04 Å². The van der Waals surface area contributed by atoms with E-state index in [2.05, 4.69) is 33.1 Å². The molecule has 0 fully saturated rings. The van der Waals surface area contributed by atoms with Crippen LogP contribution in [0, 0.1) is 0 Å². The highest BCUT2D eigenvalue weighted by atomic mass is 32.1. The minimum atomic E-state index is 0.198. The Kier molecular flexibility index (Phi) is 3.90. The maximum Gasteiger partial charge on any atom is 0.0818 e. The lowest BCUT2D eigenvalue weighted by atomic mass is 10.1. The number of para-hydroxylation sites is 1. The zero-order chi connectivity index (χ0) is 13.8. The number of hydrogen-bond donors (Lipinski definition) is 1. The molecule has 1 atom stereocenters. The number of thiophene rings is 1. The molecular formula is C15H16N4S. The summed E-state index contributed by atoms with van der Waals surface area (Å²) < 4.78 is 1.90. The van der Waals surface area contributed by atoms with Gasteiger partial charge in [-0.3, -0.25) is 0 Å². The Morgan fingerprint density at radius 1 is 1.20 bits per heavy atom. The normalized spacial score (nSPS) is 12.4. The van der Waals surface area contributed by atoms with Gasteiger partial charge in [0.05, 0.1) is 23.6 Å². The van der Waals surface area contributed by atoms with E-state index in [0.29, 0.717) is 0 Å². The Balaban J connectivity index is 1.91. The summed E-state index contributed by atoms with van der Waals surface area (Å²) in [6, 6.07) is 14.5. The molecule has 0 radical (unpaired) electrons. The average Bonchev–Trinajstić information content (AvgIpc) is 3.17. The third-order valence-electron chi connectivity index (χ3n) is 3.27. The molecule has 0 saturated carbocycles. The maximum atomic E-state index is 4.21. The van der Waals surface area contributed by atoms with Gasteiger partial charge in [-0.05, 0) is 30.6 Å². The van der Waals surface area contributed by atoms with Crippen LogP contribution in [0.4, 0.5) is 0 Å². The molecule has 1 unspecified atom stereocenters. The van der Waals surface area contributed by atoms with Gasteiger partial charge in [-0.15, -0.1) is 16.4 Å². The SMILES string of the molecule is CNC(Cc1cccs1)c1cnnn1-c1ccccc1. The molecule has 0 saturated heterocycles. The van der Waals surface area contributed by atoms with Gasteiger partial charge in [0.2, 0.25) is 0 Å². The van der Waals surface area contributed by atoms with Gasteiger partial charge >= 0.3 is 0 Å². The average molecular weight is 284 g/mol. The summed E-state index contributed by atoms with van der Waals surface area (Å²) in [5, 5.41) is 13.8. The highest BCUT2D eigenvalue weighted by Crippen LogP contribution is 2.22. The second-order valence-electron chi connectivity index (χ2n) is 4.53. The molecule has 1 N–H and O–H groups in total. The lowest BCUT2D eigenvalue weighted by molar-refractivity contribution is 0.558. The summed E-state index contributed by atoms with van der Waals surface area (Å²) in [5.41, 5.74) is 2.11. The Morgan fingerprint density at radius 3 is 2.75 bits per heavy atom. The molecule has 1 aromatic carbocycles. The predicted octanol–water partition coefficient (Wildman–Crippen LogP) is 2.83. The van der Waals surface area contributed by atoms with E-state index in [1.807, 2.05) is 48.3 Å².